The van der Waals surface area contributed by atoms with Crippen LogP contribution in [0, 0.1) is 0 Å². The maximum Gasteiger partial charge on any atom is 0.0334 e. The topological polar surface area (TPSA) is 20.6 Å². The second-order valence-corrected chi connectivity index (χ2v) is 2.16. The van der Waals surface area contributed by atoms with E-state index in [1.807, 2.05) is 24.2 Å². The Hall–Kier alpha value is -0.120. The zero-order valence-electron chi connectivity index (χ0n) is 5.46. The summed E-state index contributed by atoms with van der Waals surface area (Å²) in [4.78, 5) is 0. The number of hydrogen-bond acceptors (Lipinski definition) is 2. The van der Waals surface area contributed by atoms with Gasteiger partial charge in [0.05, 0.1) is 0 Å². The summed E-state index contributed by atoms with van der Waals surface area (Å²) in [6.45, 7) is 2.09. The molecule has 0 bridgehead atoms. The van der Waals surface area contributed by atoms with Gasteiger partial charge in [-0.05, 0) is 6.42 Å². The molecule has 47 valence electrons. The van der Waals surface area contributed by atoms with Crippen LogP contribution in [0.2, 0.25) is 0 Å². The molecule has 1 radical (unpaired) electrons. The lowest BCUT2D eigenvalue weighted by atomic mass is 10.5. The van der Waals surface area contributed by atoms with Crippen molar-refractivity contribution in [3.05, 3.63) is 0 Å². The molecule has 0 aromatic heterocycles. The van der Waals surface area contributed by atoms with Crippen molar-refractivity contribution in [2.24, 2.45) is 0 Å². The molecule has 0 spiro atoms. The van der Waals surface area contributed by atoms with Gasteiger partial charge in [0.25, 0.3) is 0 Å². The van der Waals surface area contributed by atoms with E-state index < -0.39 is 0 Å². The van der Waals surface area contributed by atoms with E-state index in [9.17, 15) is 0 Å². The minimum absolute atomic E-state index is 0.998. The van der Waals surface area contributed by atoms with E-state index in [1.165, 1.54) is 6.42 Å². The molecule has 8 heavy (non-hydrogen) atoms. The fraction of sp³-hybridized carbons (Fsp3) is 1.00. The molecule has 1 saturated heterocycles. The number of hydrazine groups is 1. The zero-order chi connectivity index (χ0) is 5.98. The van der Waals surface area contributed by atoms with Gasteiger partial charge in [0.1, 0.15) is 0 Å². The van der Waals surface area contributed by atoms with Gasteiger partial charge in [0.2, 0.25) is 0 Å². The van der Waals surface area contributed by atoms with Gasteiger partial charge < -0.3 is 0 Å². The van der Waals surface area contributed by atoms with Gasteiger partial charge in [-0.2, -0.15) is 5.12 Å². The van der Waals surface area contributed by atoms with Crippen LogP contribution in [0.15, 0.2) is 0 Å². The third-order valence-corrected chi connectivity index (χ3v) is 1.24. The summed E-state index contributed by atoms with van der Waals surface area (Å²) in [5.41, 5.74) is 4.19. The second kappa shape index (κ2) is 2.44. The summed E-state index contributed by atoms with van der Waals surface area (Å²) in [6, 6.07) is 0. The SMILES string of the molecule is CN(C)N1CCC[N]1. The van der Waals surface area contributed by atoms with Crippen LogP contribution in [-0.4, -0.2) is 37.3 Å². The van der Waals surface area contributed by atoms with Crippen LogP contribution in [0.3, 0.4) is 0 Å². The first-order valence-electron chi connectivity index (χ1n) is 2.93. The summed E-state index contributed by atoms with van der Waals surface area (Å²) >= 11 is 0. The third kappa shape index (κ3) is 1.18. The van der Waals surface area contributed by atoms with Gasteiger partial charge in [0.15, 0.2) is 0 Å². The fourth-order valence-corrected chi connectivity index (χ4v) is 0.795. The van der Waals surface area contributed by atoms with E-state index in [-0.39, 0.29) is 0 Å². The van der Waals surface area contributed by atoms with Crippen molar-refractivity contribution in [2.75, 3.05) is 27.2 Å². The molecule has 3 heteroatoms. The number of nitrogens with zero attached hydrogens (tertiary/aromatic N) is 3. The third-order valence-electron chi connectivity index (χ3n) is 1.24. The predicted molar refractivity (Wildman–Crippen MR) is 32.0 cm³/mol. The highest BCUT2D eigenvalue weighted by atomic mass is 15.8. The number of hydrogen-bond donors (Lipinski definition) is 0. The van der Waals surface area contributed by atoms with E-state index in [4.69, 9.17) is 0 Å². The summed E-state index contributed by atoms with van der Waals surface area (Å²) in [6.07, 6.45) is 1.21. The van der Waals surface area contributed by atoms with Gasteiger partial charge in [-0.15, -0.1) is 5.43 Å². The minimum Gasteiger partial charge on any atom is -0.233 e. The molecule has 1 fully saturated rings. The maximum atomic E-state index is 4.19. The van der Waals surface area contributed by atoms with E-state index in [2.05, 4.69) is 5.43 Å². The van der Waals surface area contributed by atoms with Gasteiger partial charge in [0, 0.05) is 27.2 Å². The molecule has 0 aliphatic carbocycles. The lowest BCUT2D eigenvalue weighted by molar-refractivity contribution is 0.0000211. The molecule has 0 aromatic rings. The van der Waals surface area contributed by atoms with Crippen LogP contribution >= 0.6 is 0 Å². The Morgan fingerprint density at radius 2 is 2.25 bits per heavy atom. The molecular weight excluding hydrogens is 102 g/mol. The molecule has 0 atom stereocenters. The Kier molecular flexibility index (Phi) is 1.83. The average molecular weight is 114 g/mol. The molecule has 1 aliphatic rings. The second-order valence-electron chi connectivity index (χ2n) is 2.16. The lowest BCUT2D eigenvalue weighted by Gasteiger charge is -2.20. The largest absolute Gasteiger partial charge is 0.233 e. The summed E-state index contributed by atoms with van der Waals surface area (Å²) in [5, 5.41) is 3.99. The molecule has 0 unspecified atom stereocenters. The van der Waals surface area contributed by atoms with Crippen molar-refractivity contribution in [1.82, 2.24) is 15.6 Å². The summed E-state index contributed by atoms with van der Waals surface area (Å²) in [7, 11) is 4.02. The Morgan fingerprint density at radius 3 is 2.50 bits per heavy atom. The normalized spacial score (nSPS) is 22.9. The van der Waals surface area contributed by atoms with Crippen molar-refractivity contribution >= 4 is 0 Å². The van der Waals surface area contributed by atoms with Crippen molar-refractivity contribution < 1.29 is 0 Å². The van der Waals surface area contributed by atoms with Crippen molar-refractivity contribution in [3.63, 3.8) is 0 Å². The minimum atomic E-state index is 0.998. The zero-order valence-corrected chi connectivity index (χ0v) is 5.46. The number of rotatable bonds is 1. The van der Waals surface area contributed by atoms with E-state index >= 15 is 0 Å². The van der Waals surface area contributed by atoms with Crippen molar-refractivity contribution in [2.45, 2.75) is 6.42 Å². The van der Waals surface area contributed by atoms with Gasteiger partial charge in [-0.3, -0.25) is 0 Å². The van der Waals surface area contributed by atoms with E-state index in [0.29, 0.717) is 0 Å². The first-order valence-corrected chi connectivity index (χ1v) is 2.93. The van der Waals surface area contributed by atoms with Crippen molar-refractivity contribution in [3.8, 4) is 0 Å². The molecule has 0 saturated carbocycles. The van der Waals surface area contributed by atoms with Gasteiger partial charge in [-0.1, -0.05) is 0 Å². The molecular formula is C5H12N3. The first kappa shape index (κ1) is 6.01. The highest BCUT2D eigenvalue weighted by Gasteiger charge is 2.12. The summed E-state index contributed by atoms with van der Waals surface area (Å²) < 4.78 is 0. The molecule has 1 rings (SSSR count). The van der Waals surface area contributed by atoms with Gasteiger partial charge in [-0.25, -0.2) is 5.01 Å². The maximum absolute atomic E-state index is 4.19. The highest BCUT2D eigenvalue weighted by molar-refractivity contribution is 4.55. The Labute approximate surface area is 50.2 Å². The molecule has 0 amide bonds. The smallest absolute Gasteiger partial charge is 0.0334 e. The van der Waals surface area contributed by atoms with Crippen LogP contribution in [0.25, 0.3) is 0 Å². The average Bonchev–Trinajstić information content (AvgIpc) is 2.12. The molecule has 0 N–H and O–H groups in total. The predicted octanol–water partition coefficient (Wildman–Crippen LogP) is -0.312. The van der Waals surface area contributed by atoms with Crippen LogP contribution in [0.1, 0.15) is 6.42 Å². The quantitative estimate of drug-likeness (QED) is 0.466. The Morgan fingerprint density at radius 1 is 1.50 bits per heavy atom. The fourth-order valence-electron chi connectivity index (χ4n) is 0.795. The lowest BCUT2D eigenvalue weighted by Crippen LogP contribution is -2.37. The molecule has 0 aromatic carbocycles. The molecule has 3 nitrogen and oxygen atoms in total. The van der Waals surface area contributed by atoms with Crippen LogP contribution in [0.4, 0.5) is 0 Å². The highest BCUT2D eigenvalue weighted by Crippen LogP contribution is 1.97. The monoisotopic (exact) mass is 114 g/mol. The van der Waals surface area contributed by atoms with Crippen molar-refractivity contribution in [1.29, 1.82) is 0 Å². The van der Waals surface area contributed by atoms with Gasteiger partial charge >= 0.3 is 0 Å². The van der Waals surface area contributed by atoms with Crippen LogP contribution in [0.5, 0.6) is 0 Å². The summed E-state index contributed by atoms with van der Waals surface area (Å²) in [5.74, 6) is 0. The first-order chi connectivity index (χ1) is 3.80. The van der Waals surface area contributed by atoms with E-state index in [0.717, 1.165) is 13.1 Å². The molecule has 1 aliphatic heterocycles. The molecule has 1 heterocycles. The van der Waals surface area contributed by atoms with Crippen LogP contribution in [-0.2, 0) is 0 Å². The Bertz CT molecular complexity index is 66.1. The Balaban J connectivity index is 2.24. The van der Waals surface area contributed by atoms with Crippen LogP contribution < -0.4 is 5.43 Å². The standard InChI is InChI=1S/C5H12N3/c1-7(2)8-5-3-4-6-8/h3-5H2,1-2H3. The van der Waals surface area contributed by atoms with E-state index in [1.54, 1.807) is 0 Å².